The lowest BCUT2D eigenvalue weighted by molar-refractivity contribution is -0.175. The van der Waals surface area contributed by atoms with Gasteiger partial charge in [-0.25, -0.2) is 4.79 Å². The van der Waals surface area contributed by atoms with Gasteiger partial charge in [-0.15, -0.1) is 0 Å². The van der Waals surface area contributed by atoms with Crippen molar-refractivity contribution in [2.24, 2.45) is 17.8 Å². The molecule has 1 saturated carbocycles. The molecule has 1 atom stereocenters. The number of ether oxygens (including phenoxy) is 2. The highest BCUT2D eigenvalue weighted by Crippen LogP contribution is 2.28. The average Bonchev–Trinajstić information content (AvgIpc) is 2.57. The van der Waals surface area contributed by atoms with E-state index in [4.69, 9.17) is 14.6 Å². The van der Waals surface area contributed by atoms with E-state index in [1.807, 2.05) is 20.8 Å². The highest BCUT2D eigenvalue weighted by molar-refractivity contribution is 5.71. The lowest BCUT2D eigenvalue weighted by Gasteiger charge is -2.26. The zero-order valence-corrected chi connectivity index (χ0v) is 15.5. The number of amides is 1. The van der Waals surface area contributed by atoms with Crippen molar-refractivity contribution in [3.05, 3.63) is 0 Å². The Bertz CT molecular complexity index is 443. The van der Waals surface area contributed by atoms with Gasteiger partial charge in [0.2, 0.25) is 0 Å². The molecule has 0 heterocycles. The van der Waals surface area contributed by atoms with Crippen LogP contribution in [-0.4, -0.2) is 36.0 Å². The molecule has 1 aliphatic carbocycles. The summed E-state index contributed by atoms with van der Waals surface area (Å²) in [6, 6.07) is 0. The SMILES string of the molecule is CCCCC(=O)OC(OC(=O)NC[C@H]1CC[C@H](C(=O)O)CC1)C(C)C. The second-order valence-corrected chi connectivity index (χ2v) is 7.05. The summed E-state index contributed by atoms with van der Waals surface area (Å²) in [5.41, 5.74) is 0. The molecule has 1 unspecified atom stereocenters. The molecule has 1 aliphatic rings. The number of rotatable bonds is 9. The summed E-state index contributed by atoms with van der Waals surface area (Å²) in [6.45, 7) is 6.07. The van der Waals surface area contributed by atoms with E-state index in [0.717, 1.165) is 25.7 Å². The second kappa shape index (κ2) is 10.9. The number of unbranched alkanes of at least 4 members (excludes halogenated alkanes) is 1. The zero-order chi connectivity index (χ0) is 18.8. The number of carboxylic acid groups (broad SMARTS) is 1. The van der Waals surface area contributed by atoms with E-state index in [9.17, 15) is 14.4 Å². The summed E-state index contributed by atoms with van der Waals surface area (Å²) in [6.07, 6.45) is 3.28. The second-order valence-electron chi connectivity index (χ2n) is 7.05. The predicted molar refractivity (Wildman–Crippen MR) is 91.8 cm³/mol. The molecule has 1 amide bonds. The van der Waals surface area contributed by atoms with E-state index >= 15 is 0 Å². The Morgan fingerprint density at radius 3 is 2.28 bits per heavy atom. The molecule has 0 aromatic heterocycles. The Balaban J connectivity index is 2.33. The van der Waals surface area contributed by atoms with Crippen LogP contribution in [0.4, 0.5) is 4.79 Å². The van der Waals surface area contributed by atoms with Gasteiger partial charge in [0.25, 0.3) is 6.29 Å². The van der Waals surface area contributed by atoms with Crippen LogP contribution >= 0.6 is 0 Å². The first kappa shape index (κ1) is 21.3. The molecule has 0 saturated heterocycles. The minimum atomic E-state index is -0.896. The summed E-state index contributed by atoms with van der Waals surface area (Å²) in [4.78, 5) is 34.6. The van der Waals surface area contributed by atoms with Crippen molar-refractivity contribution in [3.8, 4) is 0 Å². The van der Waals surface area contributed by atoms with Gasteiger partial charge in [-0.05, 0) is 38.0 Å². The molecule has 0 aliphatic heterocycles. The number of alkyl carbamates (subject to hydrolysis) is 1. The van der Waals surface area contributed by atoms with Crippen LogP contribution in [0.15, 0.2) is 0 Å². The summed E-state index contributed by atoms with van der Waals surface area (Å²) in [5, 5.41) is 11.7. The number of nitrogens with one attached hydrogen (secondary N) is 1. The van der Waals surface area contributed by atoms with Crippen LogP contribution in [0.5, 0.6) is 0 Å². The molecule has 1 rings (SSSR count). The summed E-state index contributed by atoms with van der Waals surface area (Å²) in [5.74, 6) is -1.25. The van der Waals surface area contributed by atoms with Gasteiger partial charge >= 0.3 is 18.0 Å². The zero-order valence-electron chi connectivity index (χ0n) is 15.5. The van der Waals surface area contributed by atoms with E-state index in [0.29, 0.717) is 25.8 Å². The van der Waals surface area contributed by atoms with Crippen LogP contribution < -0.4 is 5.32 Å². The number of hydrogen-bond acceptors (Lipinski definition) is 5. The van der Waals surface area contributed by atoms with Crippen LogP contribution in [0.3, 0.4) is 0 Å². The van der Waals surface area contributed by atoms with Gasteiger partial charge in [0, 0.05) is 18.9 Å². The molecule has 0 radical (unpaired) electrons. The third-order valence-electron chi connectivity index (χ3n) is 4.48. The minimum absolute atomic E-state index is 0.137. The van der Waals surface area contributed by atoms with Crippen LogP contribution in [0.25, 0.3) is 0 Å². The fourth-order valence-electron chi connectivity index (χ4n) is 2.79. The maximum atomic E-state index is 11.9. The van der Waals surface area contributed by atoms with Gasteiger partial charge in [-0.3, -0.25) is 9.59 Å². The summed E-state index contributed by atoms with van der Waals surface area (Å²) in [7, 11) is 0. The first-order valence-electron chi connectivity index (χ1n) is 9.20. The fourth-order valence-corrected chi connectivity index (χ4v) is 2.79. The average molecular weight is 357 g/mol. The minimum Gasteiger partial charge on any atom is -0.481 e. The van der Waals surface area contributed by atoms with E-state index in [1.165, 1.54) is 0 Å². The van der Waals surface area contributed by atoms with Crippen molar-refractivity contribution in [1.29, 1.82) is 0 Å². The van der Waals surface area contributed by atoms with Crippen molar-refractivity contribution in [2.75, 3.05) is 6.54 Å². The Morgan fingerprint density at radius 1 is 1.12 bits per heavy atom. The van der Waals surface area contributed by atoms with Crippen LogP contribution in [0, 0.1) is 17.8 Å². The maximum absolute atomic E-state index is 11.9. The first-order valence-corrected chi connectivity index (χ1v) is 9.20. The smallest absolute Gasteiger partial charge is 0.410 e. The van der Waals surface area contributed by atoms with Crippen molar-refractivity contribution in [2.45, 2.75) is 72.0 Å². The van der Waals surface area contributed by atoms with Crippen molar-refractivity contribution >= 4 is 18.0 Å². The normalized spacial score (nSPS) is 21.4. The van der Waals surface area contributed by atoms with Gasteiger partial charge < -0.3 is 19.9 Å². The van der Waals surface area contributed by atoms with Crippen molar-refractivity contribution in [3.63, 3.8) is 0 Å². The lowest BCUT2D eigenvalue weighted by Crippen LogP contribution is -2.37. The van der Waals surface area contributed by atoms with Gasteiger partial charge in [-0.1, -0.05) is 27.2 Å². The van der Waals surface area contributed by atoms with Gasteiger partial charge in [0.1, 0.15) is 0 Å². The van der Waals surface area contributed by atoms with Gasteiger partial charge in [-0.2, -0.15) is 0 Å². The molecule has 144 valence electrons. The maximum Gasteiger partial charge on any atom is 0.410 e. The highest BCUT2D eigenvalue weighted by atomic mass is 16.7. The van der Waals surface area contributed by atoms with E-state index in [2.05, 4.69) is 5.32 Å². The van der Waals surface area contributed by atoms with Crippen LogP contribution in [0.2, 0.25) is 0 Å². The van der Waals surface area contributed by atoms with Crippen LogP contribution in [0.1, 0.15) is 65.7 Å². The first-order chi connectivity index (χ1) is 11.8. The van der Waals surface area contributed by atoms with Gasteiger partial charge in [0.15, 0.2) is 0 Å². The molecular formula is C18H31NO6. The molecule has 0 aromatic rings. The largest absolute Gasteiger partial charge is 0.481 e. The van der Waals surface area contributed by atoms with Crippen molar-refractivity contribution < 1.29 is 29.0 Å². The fraction of sp³-hybridized carbons (Fsp3) is 0.833. The number of aliphatic carboxylic acids is 1. The Labute approximate surface area is 149 Å². The predicted octanol–water partition coefficient (Wildman–Crippen LogP) is 3.32. The third kappa shape index (κ3) is 8.23. The molecule has 0 spiro atoms. The quantitative estimate of drug-likeness (QED) is 0.485. The molecule has 25 heavy (non-hydrogen) atoms. The number of carbonyl (C=O) groups excluding carboxylic acids is 2. The van der Waals surface area contributed by atoms with Crippen molar-refractivity contribution in [1.82, 2.24) is 5.32 Å². The molecule has 0 bridgehead atoms. The molecule has 2 N–H and O–H groups in total. The Morgan fingerprint density at radius 2 is 1.76 bits per heavy atom. The number of carboxylic acids is 1. The lowest BCUT2D eigenvalue weighted by atomic mass is 9.82. The molecule has 7 nitrogen and oxygen atoms in total. The highest BCUT2D eigenvalue weighted by Gasteiger charge is 2.27. The standard InChI is InChI=1S/C18H31NO6/c1-4-5-6-15(20)24-17(12(2)3)25-18(23)19-11-13-7-9-14(10-8-13)16(21)22/h12-14,17H,4-11H2,1-3H3,(H,19,23)(H,21,22)/t13-,14-,17?. The van der Waals surface area contributed by atoms with E-state index in [1.54, 1.807) is 0 Å². The summed E-state index contributed by atoms with van der Waals surface area (Å²) >= 11 is 0. The number of carbonyl (C=O) groups is 3. The summed E-state index contributed by atoms with van der Waals surface area (Å²) < 4.78 is 10.5. The Hall–Kier alpha value is -1.79. The molecule has 1 fully saturated rings. The topological polar surface area (TPSA) is 102 Å². The van der Waals surface area contributed by atoms with Gasteiger partial charge in [0.05, 0.1) is 5.92 Å². The molecule has 7 heteroatoms. The van der Waals surface area contributed by atoms with E-state index in [-0.39, 0.29) is 23.7 Å². The third-order valence-corrected chi connectivity index (χ3v) is 4.48. The van der Waals surface area contributed by atoms with E-state index < -0.39 is 18.4 Å². The molecule has 0 aromatic carbocycles. The number of esters is 1. The monoisotopic (exact) mass is 357 g/mol. The van der Waals surface area contributed by atoms with Crippen LogP contribution in [-0.2, 0) is 19.1 Å². The Kier molecular flexibility index (Phi) is 9.31. The number of hydrogen-bond donors (Lipinski definition) is 2. The molecular weight excluding hydrogens is 326 g/mol.